The van der Waals surface area contributed by atoms with E-state index in [1.807, 2.05) is 6.07 Å². The lowest BCUT2D eigenvalue weighted by Gasteiger charge is -2.35. The van der Waals surface area contributed by atoms with Gasteiger partial charge in [-0.2, -0.15) is 18.3 Å². The van der Waals surface area contributed by atoms with Crippen LogP contribution in [0, 0.1) is 0 Å². The third-order valence-electron chi connectivity index (χ3n) is 5.29. The Hall–Kier alpha value is -2.91. The molecule has 0 saturated carbocycles. The molecule has 0 aliphatic carbocycles. The lowest BCUT2D eigenvalue weighted by Crippen LogP contribution is -2.43. The minimum Gasteiger partial charge on any atom is -0.379 e. The summed E-state index contributed by atoms with van der Waals surface area (Å²) < 4.78 is 44.2. The fraction of sp³-hybridized carbons (Fsp3) is 0.333. The number of ether oxygens (including phenoxy) is 1. The molecule has 6 nitrogen and oxygen atoms in total. The van der Waals surface area contributed by atoms with Crippen molar-refractivity contribution in [1.82, 2.24) is 20.4 Å². The number of aromatic nitrogens is 2. The lowest BCUT2D eigenvalue weighted by molar-refractivity contribution is -0.137. The molecular weight excluding hydrogens is 397 g/mol. The van der Waals surface area contributed by atoms with Crippen molar-refractivity contribution in [1.29, 1.82) is 0 Å². The summed E-state index contributed by atoms with van der Waals surface area (Å²) in [6.07, 6.45) is -2.74. The number of morpholine rings is 1. The highest BCUT2D eigenvalue weighted by atomic mass is 19.4. The molecule has 2 heterocycles. The Kier molecular flexibility index (Phi) is 5.74. The van der Waals surface area contributed by atoms with Crippen LogP contribution in [0.15, 0.2) is 48.7 Å². The second-order valence-electron chi connectivity index (χ2n) is 7.13. The van der Waals surface area contributed by atoms with Crippen molar-refractivity contribution in [3.05, 3.63) is 65.4 Å². The number of hydrogen-bond donors (Lipinski definition) is 2. The highest BCUT2D eigenvalue weighted by Crippen LogP contribution is 2.31. The van der Waals surface area contributed by atoms with Crippen LogP contribution >= 0.6 is 0 Å². The van der Waals surface area contributed by atoms with E-state index in [4.69, 9.17) is 4.74 Å². The van der Waals surface area contributed by atoms with Gasteiger partial charge in [-0.3, -0.25) is 14.8 Å². The second kappa shape index (κ2) is 8.45. The first-order valence-corrected chi connectivity index (χ1v) is 9.63. The minimum absolute atomic E-state index is 0.259. The summed E-state index contributed by atoms with van der Waals surface area (Å²) in [5.41, 5.74) is 1.14. The van der Waals surface area contributed by atoms with Crippen LogP contribution in [0.5, 0.6) is 0 Å². The fourth-order valence-corrected chi connectivity index (χ4v) is 3.68. The Balaban J connectivity index is 1.54. The van der Waals surface area contributed by atoms with E-state index < -0.39 is 11.7 Å². The Morgan fingerprint density at radius 1 is 1.17 bits per heavy atom. The topological polar surface area (TPSA) is 70.2 Å². The lowest BCUT2D eigenvalue weighted by atomic mass is 10.0. The third kappa shape index (κ3) is 4.31. The molecule has 2 aromatic carbocycles. The highest BCUT2D eigenvalue weighted by molar-refractivity contribution is 6.05. The van der Waals surface area contributed by atoms with E-state index in [2.05, 4.69) is 20.4 Å². The van der Waals surface area contributed by atoms with Crippen LogP contribution in [-0.2, 0) is 10.9 Å². The zero-order chi connectivity index (χ0) is 21.1. The maximum atomic E-state index is 12.9. The number of hydrogen-bond acceptors (Lipinski definition) is 4. The SMILES string of the molecule is O=C(NCC(c1ccc(C(F)(F)F)cc1)N1CCOCC1)c1cccc2cn[nH]c12. The fourth-order valence-electron chi connectivity index (χ4n) is 3.68. The highest BCUT2D eigenvalue weighted by Gasteiger charge is 2.31. The van der Waals surface area contributed by atoms with Crippen molar-refractivity contribution in [3.63, 3.8) is 0 Å². The average Bonchev–Trinajstić information content (AvgIpc) is 3.23. The van der Waals surface area contributed by atoms with E-state index in [0.717, 1.165) is 17.5 Å². The standard InChI is InChI=1S/C21H21F3N4O2/c22-21(23,24)16-6-4-14(5-7-16)18(28-8-10-30-11-9-28)13-25-20(29)17-3-1-2-15-12-26-27-19(15)17/h1-7,12,18H,8-11,13H2,(H,25,29)(H,26,27). The number of carbonyl (C=O) groups is 1. The molecule has 1 atom stereocenters. The number of halogens is 3. The van der Waals surface area contributed by atoms with E-state index in [-0.39, 0.29) is 18.5 Å². The molecule has 0 spiro atoms. The van der Waals surface area contributed by atoms with E-state index in [9.17, 15) is 18.0 Å². The number of H-pyrrole nitrogens is 1. The molecule has 0 radical (unpaired) electrons. The Morgan fingerprint density at radius 3 is 2.60 bits per heavy atom. The summed E-state index contributed by atoms with van der Waals surface area (Å²) in [5, 5.41) is 10.6. The average molecular weight is 418 g/mol. The molecule has 1 fully saturated rings. The van der Waals surface area contributed by atoms with Gasteiger partial charge in [-0.25, -0.2) is 0 Å². The van der Waals surface area contributed by atoms with E-state index in [1.54, 1.807) is 18.3 Å². The first-order chi connectivity index (χ1) is 14.4. The molecule has 30 heavy (non-hydrogen) atoms. The number of benzene rings is 2. The zero-order valence-electron chi connectivity index (χ0n) is 16.1. The molecule has 1 unspecified atom stereocenters. The molecule has 3 aromatic rings. The quantitative estimate of drug-likeness (QED) is 0.667. The first-order valence-electron chi connectivity index (χ1n) is 9.63. The van der Waals surface area contributed by atoms with Crippen molar-refractivity contribution < 1.29 is 22.7 Å². The summed E-state index contributed by atoms with van der Waals surface area (Å²) in [4.78, 5) is 14.9. The van der Waals surface area contributed by atoms with Crippen molar-refractivity contribution in [2.75, 3.05) is 32.8 Å². The number of aromatic amines is 1. The summed E-state index contributed by atoms with van der Waals surface area (Å²) >= 11 is 0. The Labute approximate surface area is 171 Å². The number of amides is 1. The van der Waals surface area contributed by atoms with Gasteiger partial charge in [-0.05, 0) is 23.8 Å². The van der Waals surface area contributed by atoms with Crippen molar-refractivity contribution in [2.45, 2.75) is 12.2 Å². The van der Waals surface area contributed by atoms with Crippen LogP contribution in [-0.4, -0.2) is 53.9 Å². The molecule has 2 N–H and O–H groups in total. The van der Waals surface area contributed by atoms with Gasteiger partial charge in [0.1, 0.15) is 0 Å². The van der Waals surface area contributed by atoms with Crippen molar-refractivity contribution in [3.8, 4) is 0 Å². The maximum Gasteiger partial charge on any atom is 0.416 e. The number of para-hydroxylation sites is 1. The van der Waals surface area contributed by atoms with Crippen LogP contribution in [0.3, 0.4) is 0 Å². The summed E-state index contributed by atoms with van der Waals surface area (Å²) in [6, 6.07) is 10.2. The van der Waals surface area contributed by atoms with E-state index in [1.165, 1.54) is 12.1 Å². The zero-order valence-corrected chi connectivity index (χ0v) is 16.1. The number of rotatable bonds is 5. The number of nitrogens with one attached hydrogen (secondary N) is 2. The van der Waals surface area contributed by atoms with Gasteiger partial charge < -0.3 is 10.1 Å². The minimum atomic E-state index is -4.38. The van der Waals surface area contributed by atoms with E-state index >= 15 is 0 Å². The normalized spacial score (nSPS) is 16.5. The molecule has 0 bridgehead atoms. The number of nitrogens with zero attached hydrogens (tertiary/aromatic N) is 2. The van der Waals surface area contributed by atoms with Gasteiger partial charge in [0.15, 0.2) is 0 Å². The molecule has 4 rings (SSSR count). The predicted octanol–water partition coefficient (Wildman–Crippen LogP) is 3.39. The van der Waals surface area contributed by atoms with Crippen molar-refractivity contribution >= 4 is 16.8 Å². The van der Waals surface area contributed by atoms with Gasteiger partial charge in [-0.1, -0.05) is 24.3 Å². The van der Waals surface area contributed by atoms with Crippen LogP contribution in [0.1, 0.15) is 27.5 Å². The van der Waals surface area contributed by atoms with Gasteiger partial charge in [0.2, 0.25) is 0 Å². The Morgan fingerprint density at radius 2 is 1.90 bits per heavy atom. The summed E-state index contributed by atoms with van der Waals surface area (Å²) in [6.45, 7) is 2.61. The van der Waals surface area contributed by atoms with Crippen LogP contribution in [0.4, 0.5) is 13.2 Å². The molecular formula is C21H21F3N4O2. The molecule has 1 aliphatic rings. The summed E-state index contributed by atoms with van der Waals surface area (Å²) in [7, 11) is 0. The van der Waals surface area contributed by atoms with Gasteiger partial charge in [0.05, 0.1) is 42.1 Å². The monoisotopic (exact) mass is 418 g/mol. The molecule has 1 aromatic heterocycles. The van der Waals surface area contributed by atoms with Crippen molar-refractivity contribution in [2.24, 2.45) is 0 Å². The Bertz CT molecular complexity index is 1010. The predicted molar refractivity (Wildman–Crippen MR) is 105 cm³/mol. The van der Waals surface area contributed by atoms with Crippen LogP contribution in [0.2, 0.25) is 0 Å². The largest absolute Gasteiger partial charge is 0.416 e. The van der Waals surface area contributed by atoms with Gasteiger partial charge >= 0.3 is 6.18 Å². The maximum absolute atomic E-state index is 12.9. The van der Waals surface area contributed by atoms with Gasteiger partial charge in [-0.15, -0.1) is 0 Å². The summed E-state index contributed by atoms with van der Waals surface area (Å²) in [5.74, 6) is -0.268. The molecule has 1 amide bonds. The van der Waals surface area contributed by atoms with E-state index in [0.29, 0.717) is 42.9 Å². The second-order valence-corrected chi connectivity index (χ2v) is 7.13. The third-order valence-corrected chi connectivity index (χ3v) is 5.29. The molecule has 9 heteroatoms. The van der Waals surface area contributed by atoms with Crippen LogP contribution < -0.4 is 5.32 Å². The smallest absolute Gasteiger partial charge is 0.379 e. The van der Waals surface area contributed by atoms with Gasteiger partial charge in [0.25, 0.3) is 5.91 Å². The number of fused-ring (bicyclic) bond motifs is 1. The number of alkyl halides is 3. The molecule has 158 valence electrons. The van der Waals surface area contributed by atoms with Gasteiger partial charge in [0, 0.05) is 25.0 Å². The molecule has 1 saturated heterocycles. The first kappa shape index (κ1) is 20.4. The van der Waals surface area contributed by atoms with Crippen LogP contribution in [0.25, 0.3) is 10.9 Å². The number of carbonyl (C=O) groups excluding carboxylic acids is 1. The molecule has 1 aliphatic heterocycles.